The first-order chi connectivity index (χ1) is 12.4. The van der Waals surface area contributed by atoms with Crippen LogP contribution in [0.1, 0.15) is 32.1 Å². The van der Waals surface area contributed by atoms with Gasteiger partial charge in [0, 0.05) is 25.3 Å². The standard InChI is InChI=1S/C19H26F3N3O/c20-19(21,22)17(15-6-4-5-7-15)24-18(26)23-12-14-10-11-25(13-14)16-8-2-1-3-9-16/h1-3,8-9,14-15,17H,4-7,10-13H2,(H2,23,24,26). The second-order valence-corrected chi connectivity index (χ2v) is 7.35. The highest BCUT2D eigenvalue weighted by atomic mass is 19.4. The number of carbonyl (C=O) groups is 1. The van der Waals surface area contributed by atoms with Gasteiger partial charge in [-0.1, -0.05) is 31.0 Å². The molecule has 2 aliphatic rings. The molecule has 26 heavy (non-hydrogen) atoms. The van der Waals surface area contributed by atoms with E-state index in [0.717, 1.165) is 38.0 Å². The molecule has 1 aromatic rings. The molecule has 1 saturated heterocycles. The molecule has 2 unspecified atom stereocenters. The van der Waals surface area contributed by atoms with Gasteiger partial charge in [-0.3, -0.25) is 0 Å². The average Bonchev–Trinajstić information content (AvgIpc) is 3.29. The summed E-state index contributed by atoms with van der Waals surface area (Å²) in [5.41, 5.74) is 1.14. The Morgan fingerprint density at radius 2 is 1.85 bits per heavy atom. The molecule has 1 aromatic carbocycles. The first-order valence-corrected chi connectivity index (χ1v) is 9.34. The number of nitrogens with one attached hydrogen (secondary N) is 2. The maximum atomic E-state index is 13.3. The average molecular weight is 369 g/mol. The number of carbonyl (C=O) groups excluding carboxylic acids is 1. The van der Waals surface area contributed by atoms with Gasteiger partial charge in [0.2, 0.25) is 0 Å². The van der Waals surface area contributed by atoms with E-state index in [2.05, 4.69) is 15.5 Å². The van der Waals surface area contributed by atoms with Gasteiger partial charge in [-0.15, -0.1) is 0 Å². The summed E-state index contributed by atoms with van der Waals surface area (Å²) in [6.45, 7) is 2.09. The molecule has 1 aliphatic heterocycles. The van der Waals surface area contributed by atoms with Crippen LogP contribution in [0.2, 0.25) is 0 Å². The van der Waals surface area contributed by atoms with Crippen molar-refractivity contribution in [2.75, 3.05) is 24.5 Å². The SMILES string of the molecule is O=C(NCC1CCN(c2ccccc2)C1)NC(C1CCCC1)C(F)(F)F. The molecule has 3 rings (SSSR count). The molecule has 2 atom stereocenters. The van der Waals surface area contributed by atoms with Crippen molar-refractivity contribution in [1.82, 2.24) is 10.6 Å². The third kappa shape index (κ3) is 4.83. The van der Waals surface area contributed by atoms with Crippen molar-refractivity contribution in [1.29, 1.82) is 0 Å². The Bertz CT molecular complexity index is 587. The van der Waals surface area contributed by atoms with Crippen LogP contribution >= 0.6 is 0 Å². The van der Waals surface area contributed by atoms with E-state index in [1.54, 1.807) is 0 Å². The van der Waals surface area contributed by atoms with Crippen LogP contribution in [0.3, 0.4) is 0 Å². The smallest absolute Gasteiger partial charge is 0.371 e. The van der Waals surface area contributed by atoms with E-state index in [1.165, 1.54) is 0 Å². The van der Waals surface area contributed by atoms with Gasteiger partial charge >= 0.3 is 12.2 Å². The topological polar surface area (TPSA) is 44.4 Å². The Morgan fingerprint density at radius 3 is 2.50 bits per heavy atom. The molecule has 0 bridgehead atoms. The molecule has 0 spiro atoms. The zero-order chi connectivity index (χ0) is 18.6. The molecule has 2 amide bonds. The van der Waals surface area contributed by atoms with Crippen molar-refractivity contribution in [2.24, 2.45) is 11.8 Å². The van der Waals surface area contributed by atoms with Gasteiger partial charge in [0.15, 0.2) is 0 Å². The lowest BCUT2D eigenvalue weighted by molar-refractivity contribution is -0.164. The monoisotopic (exact) mass is 369 g/mol. The van der Waals surface area contributed by atoms with Crippen molar-refractivity contribution < 1.29 is 18.0 Å². The van der Waals surface area contributed by atoms with Gasteiger partial charge < -0.3 is 15.5 Å². The summed E-state index contributed by atoms with van der Waals surface area (Å²) < 4.78 is 39.8. The van der Waals surface area contributed by atoms with Crippen LogP contribution in [0.25, 0.3) is 0 Å². The molecule has 2 fully saturated rings. The predicted molar refractivity (Wildman–Crippen MR) is 95.1 cm³/mol. The summed E-state index contributed by atoms with van der Waals surface area (Å²) in [5.74, 6) is -0.252. The fourth-order valence-corrected chi connectivity index (χ4v) is 4.06. The number of hydrogen-bond acceptors (Lipinski definition) is 2. The zero-order valence-electron chi connectivity index (χ0n) is 14.8. The molecule has 1 aliphatic carbocycles. The number of anilines is 1. The summed E-state index contributed by atoms with van der Waals surface area (Å²) in [6.07, 6.45) is -0.821. The van der Waals surface area contributed by atoms with Gasteiger partial charge in [-0.25, -0.2) is 4.79 Å². The predicted octanol–water partition coefficient (Wildman–Crippen LogP) is 3.93. The number of rotatable bonds is 5. The number of urea groups is 1. The lowest BCUT2D eigenvalue weighted by Crippen LogP contribution is -2.53. The van der Waals surface area contributed by atoms with Crippen molar-refractivity contribution >= 4 is 11.7 Å². The summed E-state index contributed by atoms with van der Waals surface area (Å²) >= 11 is 0. The van der Waals surface area contributed by atoms with Crippen LogP contribution in [-0.4, -0.2) is 37.9 Å². The van der Waals surface area contributed by atoms with Crippen molar-refractivity contribution in [3.8, 4) is 0 Å². The number of alkyl halides is 3. The Morgan fingerprint density at radius 1 is 1.15 bits per heavy atom. The minimum Gasteiger partial charge on any atom is -0.371 e. The van der Waals surface area contributed by atoms with E-state index in [-0.39, 0.29) is 5.92 Å². The van der Waals surface area contributed by atoms with Gasteiger partial charge in [-0.2, -0.15) is 13.2 Å². The highest BCUT2D eigenvalue weighted by Gasteiger charge is 2.46. The molecule has 0 aromatic heterocycles. The highest BCUT2D eigenvalue weighted by molar-refractivity contribution is 5.74. The molecule has 7 heteroatoms. The van der Waals surface area contributed by atoms with E-state index in [0.29, 0.717) is 19.4 Å². The number of halogens is 3. The maximum Gasteiger partial charge on any atom is 0.408 e. The Kier molecular flexibility index (Phi) is 5.94. The van der Waals surface area contributed by atoms with Crippen LogP contribution in [0, 0.1) is 11.8 Å². The Hall–Kier alpha value is -1.92. The van der Waals surface area contributed by atoms with Gasteiger partial charge in [0.05, 0.1) is 0 Å². The molecule has 2 N–H and O–H groups in total. The van der Waals surface area contributed by atoms with Crippen LogP contribution in [-0.2, 0) is 0 Å². The summed E-state index contributed by atoms with van der Waals surface area (Å²) in [6, 6.07) is 7.55. The first kappa shape index (κ1) is 18.9. The number of hydrogen-bond donors (Lipinski definition) is 2. The normalized spacial score (nSPS) is 22.4. The quantitative estimate of drug-likeness (QED) is 0.826. The number of nitrogens with zero attached hydrogens (tertiary/aromatic N) is 1. The summed E-state index contributed by atoms with van der Waals surface area (Å²) in [5, 5.41) is 4.82. The third-order valence-electron chi connectivity index (χ3n) is 5.47. The molecular weight excluding hydrogens is 343 g/mol. The lowest BCUT2D eigenvalue weighted by atomic mass is 9.98. The Balaban J connectivity index is 1.46. The number of amides is 2. The van der Waals surface area contributed by atoms with Crippen molar-refractivity contribution in [3.05, 3.63) is 30.3 Å². The molecular formula is C19H26F3N3O. The van der Waals surface area contributed by atoms with Crippen molar-refractivity contribution in [2.45, 2.75) is 44.3 Å². The number of benzene rings is 1. The summed E-state index contributed by atoms with van der Waals surface area (Å²) in [4.78, 5) is 14.3. The van der Waals surface area contributed by atoms with Gasteiger partial charge in [0.1, 0.15) is 6.04 Å². The fraction of sp³-hybridized carbons (Fsp3) is 0.632. The van der Waals surface area contributed by atoms with Gasteiger partial charge in [-0.05, 0) is 43.2 Å². The molecule has 0 radical (unpaired) electrons. The first-order valence-electron chi connectivity index (χ1n) is 9.34. The minimum absolute atomic E-state index is 0.247. The number of para-hydroxylation sites is 1. The molecule has 1 heterocycles. The summed E-state index contributed by atoms with van der Waals surface area (Å²) in [7, 11) is 0. The van der Waals surface area contributed by atoms with Crippen LogP contribution in [0.4, 0.5) is 23.7 Å². The molecule has 1 saturated carbocycles. The minimum atomic E-state index is -4.40. The van der Waals surface area contributed by atoms with Crippen LogP contribution in [0.15, 0.2) is 30.3 Å². The molecule has 144 valence electrons. The highest BCUT2D eigenvalue weighted by Crippen LogP contribution is 2.35. The largest absolute Gasteiger partial charge is 0.408 e. The van der Waals surface area contributed by atoms with E-state index >= 15 is 0 Å². The van der Waals surface area contributed by atoms with Crippen LogP contribution < -0.4 is 15.5 Å². The van der Waals surface area contributed by atoms with E-state index in [1.807, 2.05) is 30.3 Å². The van der Waals surface area contributed by atoms with Crippen LogP contribution in [0.5, 0.6) is 0 Å². The van der Waals surface area contributed by atoms with Gasteiger partial charge in [0.25, 0.3) is 0 Å². The zero-order valence-corrected chi connectivity index (χ0v) is 14.8. The lowest BCUT2D eigenvalue weighted by Gasteiger charge is -2.27. The van der Waals surface area contributed by atoms with E-state index in [9.17, 15) is 18.0 Å². The maximum absolute atomic E-state index is 13.3. The third-order valence-corrected chi connectivity index (χ3v) is 5.47. The second-order valence-electron chi connectivity index (χ2n) is 7.35. The molecule has 4 nitrogen and oxygen atoms in total. The van der Waals surface area contributed by atoms with E-state index in [4.69, 9.17) is 0 Å². The van der Waals surface area contributed by atoms with Crippen molar-refractivity contribution in [3.63, 3.8) is 0 Å². The fourth-order valence-electron chi connectivity index (χ4n) is 4.06. The second kappa shape index (κ2) is 8.18. The van der Waals surface area contributed by atoms with E-state index < -0.39 is 24.2 Å². The Labute approximate surface area is 152 Å².